The monoisotopic (exact) mass is 514 g/mol. The first-order valence-electron chi connectivity index (χ1n) is 13.6. The van der Waals surface area contributed by atoms with Gasteiger partial charge in [-0.3, -0.25) is 9.97 Å². The number of aromatic nitrogens is 4. The lowest BCUT2D eigenvalue weighted by Crippen LogP contribution is -1.98. The van der Waals surface area contributed by atoms with Crippen molar-refractivity contribution < 1.29 is 0 Å². The van der Waals surface area contributed by atoms with Gasteiger partial charge < -0.3 is 9.13 Å². The number of para-hydroxylation sites is 2. The third-order valence-corrected chi connectivity index (χ3v) is 8.17. The molecular formula is C36H26N4. The van der Waals surface area contributed by atoms with Crippen LogP contribution in [0.1, 0.15) is 11.1 Å². The van der Waals surface area contributed by atoms with Crippen LogP contribution in [0.25, 0.3) is 66.1 Å². The van der Waals surface area contributed by atoms with Crippen LogP contribution in [0.4, 0.5) is 0 Å². The second-order valence-corrected chi connectivity index (χ2v) is 10.5. The minimum atomic E-state index is 1.16. The molecule has 4 aromatic heterocycles. The average Bonchev–Trinajstić information content (AvgIpc) is 3.51. The van der Waals surface area contributed by atoms with Crippen LogP contribution in [0.5, 0.6) is 0 Å². The number of hydrogen-bond acceptors (Lipinski definition) is 2. The Morgan fingerprint density at radius 2 is 0.875 bits per heavy atom. The van der Waals surface area contributed by atoms with Gasteiger partial charge in [-0.05, 0) is 84.6 Å². The lowest BCUT2D eigenvalue weighted by Gasteiger charge is -2.15. The molecule has 0 unspecified atom stereocenters. The fourth-order valence-corrected chi connectivity index (χ4v) is 6.37. The van der Waals surface area contributed by atoms with Crippen LogP contribution in [-0.4, -0.2) is 19.1 Å². The molecule has 190 valence electrons. The Morgan fingerprint density at radius 3 is 1.32 bits per heavy atom. The van der Waals surface area contributed by atoms with Crippen molar-refractivity contribution in [2.45, 2.75) is 13.8 Å². The van der Waals surface area contributed by atoms with Crippen molar-refractivity contribution in [3.8, 4) is 22.5 Å². The summed E-state index contributed by atoms with van der Waals surface area (Å²) in [5.74, 6) is 0. The largest absolute Gasteiger partial charge is 0.309 e. The van der Waals surface area contributed by atoms with E-state index in [0.717, 1.165) is 11.4 Å². The van der Waals surface area contributed by atoms with E-state index in [1.54, 1.807) is 0 Å². The summed E-state index contributed by atoms with van der Waals surface area (Å²) in [5.41, 5.74) is 12.0. The van der Waals surface area contributed by atoms with Crippen LogP contribution in [-0.2, 0) is 0 Å². The molecule has 4 heteroatoms. The van der Waals surface area contributed by atoms with E-state index in [9.17, 15) is 0 Å². The summed E-state index contributed by atoms with van der Waals surface area (Å²) in [7, 11) is 0. The van der Waals surface area contributed by atoms with E-state index in [0.29, 0.717) is 0 Å². The maximum Gasteiger partial charge on any atom is 0.0571 e. The summed E-state index contributed by atoms with van der Waals surface area (Å²) in [4.78, 5) is 8.78. The minimum Gasteiger partial charge on any atom is -0.309 e. The predicted octanol–water partition coefficient (Wildman–Crippen LogP) is 8.95. The van der Waals surface area contributed by atoms with Gasteiger partial charge in [0.2, 0.25) is 0 Å². The number of pyridine rings is 2. The summed E-state index contributed by atoms with van der Waals surface area (Å²) in [6, 6.07) is 34.9. The summed E-state index contributed by atoms with van der Waals surface area (Å²) < 4.78 is 4.69. The average molecular weight is 515 g/mol. The summed E-state index contributed by atoms with van der Waals surface area (Å²) in [5, 5.41) is 4.79. The van der Waals surface area contributed by atoms with Crippen LogP contribution in [0.2, 0.25) is 0 Å². The highest BCUT2D eigenvalue weighted by Gasteiger charge is 2.15. The zero-order chi connectivity index (χ0) is 26.8. The molecular weight excluding hydrogens is 488 g/mol. The van der Waals surface area contributed by atoms with Gasteiger partial charge in [0.1, 0.15) is 0 Å². The standard InChI is InChI=1S/C36H26N4/c1-23-19-25(39-33-9-5-3-7-29(33)31-21-37-17-15-35(31)39)11-13-27(23)28-14-12-26(20-24(28)2)40-34-10-6-4-8-30(34)32-22-38-18-16-36(32)40/h3-22H,1-2H3. The van der Waals surface area contributed by atoms with E-state index in [4.69, 9.17) is 0 Å². The maximum atomic E-state index is 4.39. The van der Waals surface area contributed by atoms with Gasteiger partial charge in [-0.1, -0.05) is 48.5 Å². The predicted molar refractivity (Wildman–Crippen MR) is 166 cm³/mol. The maximum absolute atomic E-state index is 4.39. The van der Waals surface area contributed by atoms with Gasteiger partial charge in [0, 0.05) is 57.7 Å². The molecule has 0 fully saturated rings. The van der Waals surface area contributed by atoms with Gasteiger partial charge in [0.15, 0.2) is 0 Å². The number of aryl methyl sites for hydroxylation is 2. The molecule has 0 aliphatic carbocycles. The molecule has 4 nitrogen and oxygen atoms in total. The van der Waals surface area contributed by atoms with Crippen LogP contribution >= 0.6 is 0 Å². The Hall–Kier alpha value is -5.22. The summed E-state index contributed by atoms with van der Waals surface area (Å²) in [6.45, 7) is 4.42. The molecule has 0 saturated heterocycles. The van der Waals surface area contributed by atoms with E-state index in [2.05, 4.69) is 130 Å². The molecule has 8 rings (SSSR count). The van der Waals surface area contributed by atoms with Crippen LogP contribution in [0, 0.1) is 13.8 Å². The van der Waals surface area contributed by atoms with Crippen molar-refractivity contribution in [2.24, 2.45) is 0 Å². The Labute approximate surface area is 231 Å². The van der Waals surface area contributed by atoms with Crippen molar-refractivity contribution in [1.29, 1.82) is 0 Å². The van der Waals surface area contributed by atoms with E-state index >= 15 is 0 Å². The van der Waals surface area contributed by atoms with Crippen molar-refractivity contribution in [3.05, 3.63) is 133 Å². The lowest BCUT2D eigenvalue weighted by atomic mass is 9.95. The third kappa shape index (κ3) is 3.26. The SMILES string of the molecule is Cc1cc(-n2c3ccccc3c3cnccc32)ccc1-c1ccc(-n2c3ccccc3c3cnccc32)cc1C. The smallest absolute Gasteiger partial charge is 0.0571 e. The first-order chi connectivity index (χ1) is 19.7. The number of fused-ring (bicyclic) bond motifs is 6. The molecule has 4 aromatic carbocycles. The zero-order valence-corrected chi connectivity index (χ0v) is 22.3. The summed E-state index contributed by atoms with van der Waals surface area (Å²) in [6.07, 6.45) is 7.68. The number of nitrogens with zero attached hydrogens (tertiary/aromatic N) is 4. The molecule has 40 heavy (non-hydrogen) atoms. The second kappa shape index (κ2) is 8.65. The highest BCUT2D eigenvalue weighted by molar-refractivity contribution is 6.09. The van der Waals surface area contributed by atoms with Gasteiger partial charge in [0.05, 0.1) is 22.1 Å². The van der Waals surface area contributed by atoms with Crippen molar-refractivity contribution in [2.75, 3.05) is 0 Å². The number of rotatable bonds is 3. The molecule has 8 aromatic rings. The Kier molecular flexibility index (Phi) is 4.92. The Bertz CT molecular complexity index is 1980. The quantitative estimate of drug-likeness (QED) is 0.236. The van der Waals surface area contributed by atoms with Crippen LogP contribution < -0.4 is 0 Å². The molecule has 0 saturated carbocycles. The van der Waals surface area contributed by atoms with E-state index in [-0.39, 0.29) is 0 Å². The van der Waals surface area contributed by atoms with Crippen LogP contribution in [0.15, 0.2) is 122 Å². The lowest BCUT2D eigenvalue weighted by molar-refractivity contribution is 1.16. The van der Waals surface area contributed by atoms with Crippen molar-refractivity contribution in [3.63, 3.8) is 0 Å². The molecule has 4 heterocycles. The molecule has 0 radical (unpaired) electrons. The third-order valence-electron chi connectivity index (χ3n) is 8.17. The topological polar surface area (TPSA) is 35.6 Å². The van der Waals surface area contributed by atoms with Crippen LogP contribution in [0.3, 0.4) is 0 Å². The van der Waals surface area contributed by atoms with E-state index in [1.807, 2.05) is 24.8 Å². The Balaban J connectivity index is 1.25. The number of benzene rings is 4. The van der Waals surface area contributed by atoms with Gasteiger partial charge >= 0.3 is 0 Å². The van der Waals surface area contributed by atoms with E-state index in [1.165, 1.54) is 65.9 Å². The fraction of sp³-hybridized carbons (Fsp3) is 0.0556. The molecule has 0 amide bonds. The van der Waals surface area contributed by atoms with Crippen molar-refractivity contribution >= 4 is 43.6 Å². The highest BCUT2D eigenvalue weighted by atomic mass is 15.0. The first kappa shape index (κ1) is 22.7. The minimum absolute atomic E-state index is 1.16. The zero-order valence-electron chi connectivity index (χ0n) is 22.3. The first-order valence-corrected chi connectivity index (χ1v) is 13.6. The molecule has 0 aliphatic heterocycles. The van der Waals surface area contributed by atoms with Gasteiger partial charge in [-0.2, -0.15) is 0 Å². The van der Waals surface area contributed by atoms with Crippen molar-refractivity contribution in [1.82, 2.24) is 19.1 Å². The Morgan fingerprint density at radius 1 is 0.450 bits per heavy atom. The number of hydrogen-bond donors (Lipinski definition) is 0. The van der Waals surface area contributed by atoms with E-state index < -0.39 is 0 Å². The molecule has 0 spiro atoms. The second-order valence-electron chi connectivity index (χ2n) is 10.5. The molecule has 0 bridgehead atoms. The molecule has 0 atom stereocenters. The normalized spacial score (nSPS) is 11.8. The van der Waals surface area contributed by atoms with Gasteiger partial charge in [-0.25, -0.2) is 0 Å². The highest BCUT2D eigenvalue weighted by Crippen LogP contribution is 2.36. The molecule has 0 aliphatic rings. The van der Waals surface area contributed by atoms with Gasteiger partial charge in [-0.15, -0.1) is 0 Å². The fourth-order valence-electron chi connectivity index (χ4n) is 6.37. The summed E-state index contributed by atoms with van der Waals surface area (Å²) >= 11 is 0. The van der Waals surface area contributed by atoms with Gasteiger partial charge in [0.25, 0.3) is 0 Å². The molecule has 0 N–H and O–H groups in total.